The van der Waals surface area contributed by atoms with Gasteiger partial charge in [0.15, 0.2) is 17.9 Å². The van der Waals surface area contributed by atoms with E-state index in [1.807, 2.05) is 13.8 Å². The number of nitrogens with one attached hydrogen (secondary N) is 1. The minimum atomic E-state index is -4.69. The Bertz CT molecular complexity index is 2720. The molecule has 0 saturated heterocycles. The highest BCUT2D eigenvalue weighted by Crippen LogP contribution is 2.43. The van der Waals surface area contributed by atoms with Crippen LogP contribution in [0.5, 0.6) is 0 Å². The van der Waals surface area contributed by atoms with Crippen molar-refractivity contribution in [2.75, 3.05) is 0 Å². The Hall–Kier alpha value is -6.51. The zero-order chi connectivity index (χ0) is 46.0. The molecule has 0 bridgehead atoms. The number of alkyl halides is 6. The zero-order valence-electron chi connectivity index (χ0n) is 34.0. The van der Waals surface area contributed by atoms with Crippen molar-refractivity contribution in [1.82, 2.24) is 15.2 Å². The molecule has 1 heterocycles. The van der Waals surface area contributed by atoms with Crippen LogP contribution in [0.2, 0.25) is 10.0 Å². The highest BCUT2D eigenvalue weighted by atomic mass is 35.5. The summed E-state index contributed by atoms with van der Waals surface area (Å²) in [5.74, 6) is -0.727. The van der Waals surface area contributed by atoms with Crippen LogP contribution < -0.4 is 10.00 Å². The van der Waals surface area contributed by atoms with E-state index in [-0.39, 0.29) is 29.3 Å². The summed E-state index contributed by atoms with van der Waals surface area (Å²) >= 11 is 12.9. The zero-order valence-corrected chi connectivity index (χ0v) is 35.6. The summed E-state index contributed by atoms with van der Waals surface area (Å²) in [4.78, 5) is 25.6. The molecule has 7 rings (SSSR count). The lowest BCUT2D eigenvalue weighted by atomic mass is 9.73. The van der Waals surface area contributed by atoms with Gasteiger partial charge in [0.25, 0.3) is 11.6 Å². The number of rotatable bonds is 13. The first-order valence-corrected chi connectivity index (χ1v) is 20.6. The summed E-state index contributed by atoms with van der Waals surface area (Å²) in [6.07, 6.45) is -7.33. The molecule has 0 aliphatic heterocycles. The number of non-ortho nitro benzene ring substituents is 1. The second kappa shape index (κ2) is 18.3. The average molecular weight is 918 g/mol. The summed E-state index contributed by atoms with van der Waals surface area (Å²) in [6, 6.07) is 34.1. The summed E-state index contributed by atoms with van der Waals surface area (Å²) in [5, 5.41) is 20.7. The molecule has 328 valence electrons. The van der Waals surface area contributed by atoms with Crippen LogP contribution in [0.1, 0.15) is 64.5 Å². The van der Waals surface area contributed by atoms with E-state index < -0.39 is 45.9 Å². The van der Waals surface area contributed by atoms with Gasteiger partial charge in [0, 0.05) is 33.3 Å². The summed E-state index contributed by atoms with van der Waals surface area (Å²) in [5.41, 5.74) is -0.659. The molecule has 0 spiro atoms. The number of aromatic nitrogens is 3. The predicted molar refractivity (Wildman–Crippen MR) is 232 cm³/mol. The fraction of sp³-hybridized carbons (Fsp3) is 0.188. The third-order valence-corrected chi connectivity index (χ3v) is 11.3. The number of carbonyl (C=O) groups excluding carboxylic acids is 1. The van der Waals surface area contributed by atoms with Crippen molar-refractivity contribution >= 4 is 34.8 Å². The lowest BCUT2D eigenvalue weighted by Crippen LogP contribution is -2.61. The van der Waals surface area contributed by atoms with Gasteiger partial charge >= 0.3 is 12.4 Å². The van der Waals surface area contributed by atoms with Crippen molar-refractivity contribution in [3.63, 3.8) is 0 Å². The number of nitro benzene ring substituents is 1. The van der Waals surface area contributed by atoms with Crippen molar-refractivity contribution in [1.29, 1.82) is 0 Å². The molecule has 16 heteroatoms. The Morgan fingerprint density at radius 3 is 1.77 bits per heavy atom. The Labute approximate surface area is 373 Å². The number of nitrogens with zero attached hydrogens (tertiary/aromatic N) is 4. The van der Waals surface area contributed by atoms with Crippen molar-refractivity contribution in [2.24, 2.45) is 5.92 Å². The highest BCUT2D eigenvalue weighted by molar-refractivity contribution is 6.30. The van der Waals surface area contributed by atoms with Gasteiger partial charge in [-0.05, 0) is 107 Å². The van der Waals surface area contributed by atoms with Gasteiger partial charge in [-0.1, -0.05) is 104 Å². The van der Waals surface area contributed by atoms with E-state index in [0.29, 0.717) is 50.0 Å². The monoisotopic (exact) mass is 916 g/mol. The number of halogens is 8. The lowest BCUT2D eigenvalue weighted by molar-refractivity contribution is -0.787. The molecule has 1 N–H and O–H groups in total. The third-order valence-electron chi connectivity index (χ3n) is 10.8. The molecule has 0 radical (unpaired) electrons. The van der Waals surface area contributed by atoms with Crippen molar-refractivity contribution in [3.8, 4) is 22.4 Å². The minimum absolute atomic E-state index is 0.0944. The number of hydrogen-bond acceptors (Lipinski definition) is 4. The van der Waals surface area contributed by atoms with Gasteiger partial charge in [-0.3, -0.25) is 14.9 Å². The maximum absolute atomic E-state index is 14.7. The minimum Gasteiger partial charge on any atom is -0.334 e. The van der Waals surface area contributed by atoms with Crippen LogP contribution in [-0.2, 0) is 24.4 Å². The SMILES string of the molecule is CC(C)C[C@H]([n+]1cc(-c2ccc(C(F)(F)F)cc2-c2ccccc2)n(Cc2ccc(C(F)(F)F)cc2)n1)C(NC(=O)c1ccc([N+](=O)[O-])cc1)(c1ccc(Cl)cc1)c1ccc(Cl)cc1. The first-order chi connectivity index (χ1) is 30.3. The topological polar surface area (TPSA) is 93.9 Å². The van der Waals surface area contributed by atoms with E-state index in [1.165, 1.54) is 47.1 Å². The quantitative estimate of drug-likeness (QED) is 0.0539. The smallest absolute Gasteiger partial charge is 0.334 e. The normalized spacial score (nSPS) is 12.6. The van der Waals surface area contributed by atoms with E-state index in [9.17, 15) is 41.3 Å². The molecule has 1 amide bonds. The van der Waals surface area contributed by atoms with Gasteiger partial charge in [-0.15, -0.1) is 9.36 Å². The van der Waals surface area contributed by atoms with E-state index >= 15 is 0 Å². The first kappa shape index (κ1) is 45.5. The average Bonchev–Trinajstić information content (AvgIpc) is 3.67. The van der Waals surface area contributed by atoms with Crippen LogP contribution in [0.15, 0.2) is 152 Å². The van der Waals surface area contributed by atoms with E-state index in [4.69, 9.17) is 28.4 Å². The predicted octanol–water partition coefficient (Wildman–Crippen LogP) is 12.8. The first-order valence-electron chi connectivity index (χ1n) is 19.8. The van der Waals surface area contributed by atoms with E-state index in [0.717, 1.165) is 24.3 Å². The standard InChI is InChI=1S/C48H37Cl2F6N5O3/c1-30(2)26-44(46(34-14-19-38(49)20-15-34,35-16-21-39(50)22-17-35)57-45(62)33-10-23-40(24-11-33)61(63)64)60-29-43(59(58-60)28-31-8-12-36(13-9-31)47(51,52)53)41-25-18-37(48(54,55)56)27-42(41)32-6-4-3-5-7-32/h3-25,27,29-30,44H,26,28H2,1-2H3/p+1/t44-/m0/s1. The fourth-order valence-corrected chi connectivity index (χ4v) is 8.01. The molecule has 1 aromatic heterocycles. The molecule has 0 aliphatic rings. The largest absolute Gasteiger partial charge is 0.416 e. The maximum Gasteiger partial charge on any atom is 0.416 e. The van der Waals surface area contributed by atoms with Gasteiger partial charge in [0.1, 0.15) is 12.1 Å². The molecule has 7 aromatic rings. The van der Waals surface area contributed by atoms with Crippen LogP contribution in [0.4, 0.5) is 32.0 Å². The summed E-state index contributed by atoms with van der Waals surface area (Å²) in [7, 11) is 0. The van der Waals surface area contributed by atoms with Gasteiger partial charge in [-0.25, -0.2) is 0 Å². The van der Waals surface area contributed by atoms with Gasteiger partial charge in [-0.2, -0.15) is 26.3 Å². The Kier molecular flexibility index (Phi) is 13.0. The maximum atomic E-state index is 14.7. The molecule has 0 unspecified atom stereocenters. The van der Waals surface area contributed by atoms with Gasteiger partial charge in [0.2, 0.25) is 0 Å². The van der Waals surface area contributed by atoms with E-state index in [1.54, 1.807) is 89.7 Å². The Balaban J connectivity index is 1.52. The number of amides is 1. The lowest BCUT2D eigenvalue weighted by Gasteiger charge is -2.40. The summed E-state index contributed by atoms with van der Waals surface area (Å²) in [6.45, 7) is 3.81. The molecule has 6 aromatic carbocycles. The van der Waals surface area contributed by atoms with E-state index in [2.05, 4.69) is 5.32 Å². The van der Waals surface area contributed by atoms with Crippen LogP contribution in [0.3, 0.4) is 0 Å². The van der Waals surface area contributed by atoms with Crippen molar-refractivity contribution < 1.29 is 40.7 Å². The van der Waals surface area contributed by atoms with Crippen LogP contribution in [0.25, 0.3) is 22.4 Å². The molecule has 0 aliphatic carbocycles. The van der Waals surface area contributed by atoms with Crippen LogP contribution >= 0.6 is 23.2 Å². The second-order valence-corrected chi connectivity index (χ2v) is 16.5. The van der Waals surface area contributed by atoms with Crippen LogP contribution in [-0.4, -0.2) is 20.7 Å². The number of hydrogen-bond donors (Lipinski definition) is 1. The number of nitro groups is 1. The molecule has 64 heavy (non-hydrogen) atoms. The fourth-order valence-electron chi connectivity index (χ4n) is 7.76. The number of carbonyl (C=O) groups is 1. The molecule has 0 fully saturated rings. The Morgan fingerprint density at radius 2 is 1.25 bits per heavy atom. The van der Waals surface area contributed by atoms with Crippen LogP contribution in [0, 0.1) is 16.0 Å². The highest BCUT2D eigenvalue weighted by Gasteiger charge is 2.49. The summed E-state index contributed by atoms with van der Waals surface area (Å²) < 4.78 is 87.1. The van der Waals surface area contributed by atoms with Crippen molar-refractivity contribution in [3.05, 3.63) is 205 Å². The molecular weight excluding hydrogens is 879 g/mol. The second-order valence-electron chi connectivity index (χ2n) is 15.6. The Morgan fingerprint density at radius 1 is 0.719 bits per heavy atom. The number of benzene rings is 6. The molecule has 1 atom stereocenters. The van der Waals surface area contributed by atoms with Crippen molar-refractivity contribution in [2.45, 2.75) is 50.7 Å². The third kappa shape index (κ3) is 9.83. The molecule has 8 nitrogen and oxygen atoms in total. The van der Waals surface area contributed by atoms with Gasteiger partial charge < -0.3 is 5.32 Å². The molecule has 0 saturated carbocycles. The van der Waals surface area contributed by atoms with Gasteiger partial charge in [0.05, 0.1) is 21.3 Å². The molecular formula is C48H38Cl2F6N5O3+.